The van der Waals surface area contributed by atoms with Gasteiger partial charge in [-0.05, 0) is 117 Å². The number of fused-ring (bicyclic) bond motifs is 15. The van der Waals surface area contributed by atoms with Crippen LogP contribution in [-0.4, -0.2) is 0 Å². The Labute approximate surface area is 342 Å². The molecular formula is C57H38S. The molecule has 1 heterocycles. The molecule has 0 amide bonds. The van der Waals surface area contributed by atoms with E-state index in [2.05, 4.69) is 206 Å². The van der Waals surface area contributed by atoms with E-state index in [0.717, 1.165) is 12.8 Å². The van der Waals surface area contributed by atoms with Crippen molar-refractivity contribution in [1.29, 1.82) is 0 Å². The largest absolute Gasteiger partial charge is 0.0881 e. The third-order valence-corrected chi connectivity index (χ3v) is 14.1. The van der Waals surface area contributed by atoms with Crippen molar-refractivity contribution in [1.82, 2.24) is 0 Å². The number of rotatable bonds is 5. The van der Waals surface area contributed by atoms with Crippen molar-refractivity contribution in [2.45, 2.75) is 28.0 Å². The van der Waals surface area contributed by atoms with Gasteiger partial charge in [-0.15, -0.1) is 0 Å². The highest BCUT2D eigenvalue weighted by Crippen LogP contribution is 2.60. The Balaban J connectivity index is 1.13. The third-order valence-electron chi connectivity index (χ3n) is 12.8. The topological polar surface area (TPSA) is 0 Å². The van der Waals surface area contributed by atoms with Crippen LogP contribution in [0.5, 0.6) is 0 Å². The molecule has 0 aliphatic carbocycles. The van der Waals surface area contributed by atoms with Crippen LogP contribution < -0.4 is 0 Å². The second-order valence-electron chi connectivity index (χ2n) is 16.0. The van der Waals surface area contributed by atoms with Crippen LogP contribution >= 0.6 is 11.8 Å². The van der Waals surface area contributed by atoms with Crippen LogP contribution in [0.1, 0.15) is 22.3 Å². The predicted molar refractivity (Wildman–Crippen MR) is 249 cm³/mol. The highest BCUT2D eigenvalue weighted by molar-refractivity contribution is 8.00. The summed E-state index contributed by atoms with van der Waals surface area (Å²) in [4.78, 5) is 2.77. The molecule has 0 spiro atoms. The second-order valence-corrected chi connectivity index (χ2v) is 17.1. The van der Waals surface area contributed by atoms with Crippen LogP contribution in [-0.2, 0) is 18.3 Å². The number of hydrogen-bond acceptors (Lipinski definition) is 1. The van der Waals surface area contributed by atoms with Crippen molar-refractivity contribution < 1.29 is 0 Å². The highest BCUT2D eigenvalue weighted by atomic mass is 32.2. The average Bonchev–Trinajstić information content (AvgIpc) is 3.29. The van der Waals surface area contributed by atoms with Gasteiger partial charge < -0.3 is 0 Å². The zero-order valence-corrected chi connectivity index (χ0v) is 32.8. The lowest BCUT2D eigenvalue weighted by Crippen LogP contribution is -2.37. The zero-order chi connectivity index (χ0) is 38.2. The van der Waals surface area contributed by atoms with Crippen molar-refractivity contribution in [2.75, 3.05) is 0 Å². The van der Waals surface area contributed by atoms with E-state index in [1.165, 1.54) is 108 Å². The number of benzene rings is 11. The van der Waals surface area contributed by atoms with E-state index in [1.807, 2.05) is 11.8 Å². The molecule has 0 saturated carbocycles. The molecule has 0 saturated heterocycles. The summed E-state index contributed by atoms with van der Waals surface area (Å²) in [6, 6.07) is 77.4. The summed E-state index contributed by atoms with van der Waals surface area (Å²) in [6.07, 6.45) is 1.73. The first-order chi connectivity index (χ1) is 28.7. The van der Waals surface area contributed by atoms with Crippen molar-refractivity contribution in [2.24, 2.45) is 0 Å². The van der Waals surface area contributed by atoms with Gasteiger partial charge in [0.05, 0.1) is 0 Å². The molecule has 11 aromatic carbocycles. The maximum absolute atomic E-state index is 2.40. The molecule has 0 atom stereocenters. The van der Waals surface area contributed by atoms with E-state index in [9.17, 15) is 0 Å². The van der Waals surface area contributed by atoms with Crippen LogP contribution in [0.3, 0.4) is 0 Å². The summed E-state index contributed by atoms with van der Waals surface area (Å²) in [5.41, 5.74) is 7.68. The molecule has 0 fully saturated rings. The lowest BCUT2D eigenvalue weighted by Gasteiger charge is -2.44. The predicted octanol–water partition coefficient (Wildman–Crippen LogP) is 15.5. The van der Waals surface area contributed by atoms with Crippen molar-refractivity contribution in [3.05, 3.63) is 229 Å². The van der Waals surface area contributed by atoms with Gasteiger partial charge in [0.2, 0.25) is 0 Å². The van der Waals surface area contributed by atoms with Gasteiger partial charge in [0, 0.05) is 15.2 Å². The average molecular weight is 755 g/mol. The Morgan fingerprint density at radius 1 is 0.293 bits per heavy atom. The fourth-order valence-electron chi connectivity index (χ4n) is 10.3. The van der Waals surface area contributed by atoms with Crippen LogP contribution in [0.25, 0.3) is 75.8 Å². The Morgan fingerprint density at radius 3 is 1.29 bits per heavy atom. The number of hydrogen-bond donors (Lipinski definition) is 0. The molecule has 12 rings (SSSR count). The minimum atomic E-state index is -0.393. The van der Waals surface area contributed by atoms with Gasteiger partial charge >= 0.3 is 0 Å². The minimum absolute atomic E-state index is 0.393. The van der Waals surface area contributed by atoms with Crippen LogP contribution in [0.2, 0.25) is 0 Å². The molecule has 1 aliphatic heterocycles. The van der Waals surface area contributed by atoms with E-state index in [-0.39, 0.29) is 0 Å². The van der Waals surface area contributed by atoms with Gasteiger partial charge in [0.25, 0.3) is 0 Å². The van der Waals surface area contributed by atoms with E-state index >= 15 is 0 Å². The van der Waals surface area contributed by atoms with Crippen LogP contribution in [0, 0.1) is 0 Å². The maximum Gasteiger partial charge on any atom is 0.0318 e. The lowest BCUT2D eigenvalue weighted by molar-refractivity contribution is 0.496. The molecule has 272 valence electrons. The van der Waals surface area contributed by atoms with Gasteiger partial charge in [-0.25, -0.2) is 0 Å². The maximum atomic E-state index is 2.40. The molecule has 11 aromatic rings. The molecule has 0 nitrogen and oxygen atoms in total. The fourth-order valence-corrected chi connectivity index (χ4v) is 11.9. The quantitative estimate of drug-likeness (QED) is 0.158. The van der Waals surface area contributed by atoms with Crippen molar-refractivity contribution in [3.63, 3.8) is 0 Å². The standard InChI is InChI=1S/C57H38S/c1-2-14-37(15-3-1)35-57(36-38-26-28-39(29-27-38)41-32-33-44-42(34-41)31-30-40-16-4-5-17-43(40)44)53-49-22-10-6-18-45(49)47-20-8-12-24-51(47)55(53)58-56-52-25-13-9-21-48(52)46-19-7-11-23-50(46)54(56)57/h1-34H,35-36H2. The molecule has 0 bridgehead atoms. The zero-order valence-electron chi connectivity index (χ0n) is 32.0. The summed E-state index contributed by atoms with van der Waals surface area (Å²) in [7, 11) is 0. The van der Waals surface area contributed by atoms with Gasteiger partial charge in [-0.3, -0.25) is 0 Å². The molecule has 0 N–H and O–H groups in total. The molecule has 1 heteroatoms. The minimum Gasteiger partial charge on any atom is -0.0881 e. The van der Waals surface area contributed by atoms with Gasteiger partial charge in [0.15, 0.2) is 0 Å². The first-order valence-electron chi connectivity index (χ1n) is 20.3. The first kappa shape index (κ1) is 33.5. The Kier molecular flexibility index (Phi) is 7.62. The SMILES string of the molecule is c1ccc(CC2(Cc3ccc(-c4ccc5c(ccc6ccccc65)c4)cc3)c3c(c4ccccc4c4ccccc34)Sc3c2c2ccccc2c2ccccc32)cc1. The summed E-state index contributed by atoms with van der Waals surface area (Å²) >= 11 is 2.00. The fraction of sp³-hybridized carbons (Fsp3) is 0.0526. The van der Waals surface area contributed by atoms with Crippen LogP contribution in [0.15, 0.2) is 216 Å². The molecular weight excluding hydrogens is 717 g/mol. The lowest BCUT2D eigenvalue weighted by atomic mass is 9.63. The smallest absolute Gasteiger partial charge is 0.0318 e. The normalized spacial score (nSPS) is 13.4. The van der Waals surface area contributed by atoms with E-state index in [1.54, 1.807) is 0 Å². The summed E-state index contributed by atoms with van der Waals surface area (Å²) in [6.45, 7) is 0. The highest BCUT2D eigenvalue weighted by Gasteiger charge is 2.45. The van der Waals surface area contributed by atoms with Gasteiger partial charge in [-0.1, -0.05) is 212 Å². The molecule has 0 unspecified atom stereocenters. The summed E-state index contributed by atoms with van der Waals surface area (Å²) < 4.78 is 0. The Morgan fingerprint density at radius 2 is 0.707 bits per heavy atom. The molecule has 1 aliphatic rings. The van der Waals surface area contributed by atoms with E-state index in [0.29, 0.717) is 0 Å². The van der Waals surface area contributed by atoms with Crippen LogP contribution in [0.4, 0.5) is 0 Å². The molecule has 0 aromatic heterocycles. The van der Waals surface area contributed by atoms with E-state index in [4.69, 9.17) is 0 Å². The Hall–Kier alpha value is -6.67. The van der Waals surface area contributed by atoms with Gasteiger partial charge in [-0.2, -0.15) is 0 Å². The monoisotopic (exact) mass is 754 g/mol. The molecule has 0 radical (unpaired) electrons. The third kappa shape index (κ3) is 5.10. The van der Waals surface area contributed by atoms with Gasteiger partial charge in [0.1, 0.15) is 0 Å². The second kappa shape index (κ2) is 13.2. The first-order valence-corrected chi connectivity index (χ1v) is 21.2. The molecule has 58 heavy (non-hydrogen) atoms. The van der Waals surface area contributed by atoms with E-state index < -0.39 is 5.41 Å². The van der Waals surface area contributed by atoms with Crippen molar-refractivity contribution in [3.8, 4) is 11.1 Å². The summed E-state index contributed by atoms with van der Waals surface area (Å²) in [5.74, 6) is 0. The van der Waals surface area contributed by atoms with Crippen molar-refractivity contribution >= 4 is 76.4 Å². The Bertz CT molecular complexity index is 3290. The summed E-state index contributed by atoms with van der Waals surface area (Å²) in [5, 5.41) is 15.8.